The Labute approximate surface area is 178 Å². The van der Waals surface area contributed by atoms with Gasteiger partial charge in [0.15, 0.2) is 0 Å². The van der Waals surface area contributed by atoms with Gasteiger partial charge in [0.05, 0.1) is 17.0 Å². The summed E-state index contributed by atoms with van der Waals surface area (Å²) >= 11 is 0. The van der Waals surface area contributed by atoms with Crippen molar-refractivity contribution >= 4 is 27.3 Å². The van der Waals surface area contributed by atoms with Gasteiger partial charge < -0.3 is 5.32 Å². The van der Waals surface area contributed by atoms with Crippen LogP contribution >= 0.6 is 0 Å². The van der Waals surface area contributed by atoms with E-state index in [4.69, 9.17) is 0 Å². The summed E-state index contributed by atoms with van der Waals surface area (Å²) < 4.78 is 26.9. The molecule has 0 bridgehead atoms. The first-order valence-electron chi connectivity index (χ1n) is 9.68. The molecule has 0 aliphatic carbocycles. The molecule has 0 atom stereocenters. The highest BCUT2D eigenvalue weighted by Crippen LogP contribution is 2.23. The van der Waals surface area contributed by atoms with Crippen molar-refractivity contribution < 1.29 is 13.2 Å². The molecule has 0 heterocycles. The van der Waals surface area contributed by atoms with E-state index in [1.165, 1.54) is 16.9 Å². The van der Waals surface area contributed by atoms with Crippen LogP contribution in [0.2, 0.25) is 0 Å². The van der Waals surface area contributed by atoms with Gasteiger partial charge in [-0.1, -0.05) is 35.9 Å². The third-order valence-corrected chi connectivity index (χ3v) is 6.93. The van der Waals surface area contributed by atoms with Crippen molar-refractivity contribution in [2.75, 3.05) is 16.7 Å². The van der Waals surface area contributed by atoms with Crippen molar-refractivity contribution in [3.05, 3.63) is 89.0 Å². The second kappa shape index (κ2) is 8.71. The molecule has 0 fully saturated rings. The molecule has 3 rings (SSSR count). The molecular weight excluding hydrogens is 396 g/mol. The smallest absolute Gasteiger partial charge is 0.264 e. The molecular formula is C24H26N2O3S. The van der Waals surface area contributed by atoms with Crippen LogP contribution in [0.25, 0.3) is 0 Å². The minimum absolute atomic E-state index is 0.119. The third-order valence-electron chi connectivity index (χ3n) is 5.13. The van der Waals surface area contributed by atoms with Gasteiger partial charge in [-0.15, -0.1) is 0 Å². The normalized spacial score (nSPS) is 11.2. The van der Waals surface area contributed by atoms with Crippen LogP contribution in [0.15, 0.2) is 71.6 Å². The molecule has 30 heavy (non-hydrogen) atoms. The molecule has 0 saturated carbocycles. The fourth-order valence-electron chi connectivity index (χ4n) is 3.04. The van der Waals surface area contributed by atoms with Crippen molar-refractivity contribution in [3.8, 4) is 0 Å². The summed E-state index contributed by atoms with van der Waals surface area (Å²) in [6.45, 7) is 5.94. The predicted molar refractivity (Wildman–Crippen MR) is 121 cm³/mol. The third kappa shape index (κ3) is 4.89. The SMILES string of the molecule is Cc1ccc(S(=O)(=O)N(C)c2ccc(CC(=O)Nc3ccc(C)c(C)c3)cc2)cc1. The Morgan fingerprint density at radius 1 is 0.867 bits per heavy atom. The summed E-state index contributed by atoms with van der Waals surface area (Å²) in [7, 11) is -2.11. The molecule has 0 unspecified atom stereocenters. The Balaban J connectivity index is 1.68. The summed E-state index contributed by atoms with van der Waals surface area (Å²) in [6.07, 6.45) is 0.210. The molecule has 156 valence electrons. The highest BCUT2D eigenvalue weighted by molar-refractivity contribution is 7.92. The molecule has 3 aromatic carbocycles. The van der Waals surface area contributed by atoms with Crippen LogP contribution in [-0.4, -0.2) is 21.4 Å². The Bertz CT molecular complexity index is 1150. The second-order valence-electron chi connectivity index (χ2n) is 7.48. The van der Waals surface area contributed by atoms with Crippen LogP contribution in [0.1, 0.15) is 22.3 Å². The molecule has 5 nitrogen and oxygen atoms in total. The van der Waals surface area contributed by atoms with Crippen LogP contribution in [0.3, 0.4) is 0 Å². The zero-order chi connectivity index (χ0) is 21.9. The summed E-state index contributed by atoms with van der Waals surface area (Å²) in [4.78, 5) is 12.6. The van der Waals surface area contributed by atoms with Gasteiger partial charge in [-0.25, -0.2) is 8.42 Å². The van der Waals surface area contributed by atoms with Gasteiger partial charge in [-0.2, -0.15) is 0 Å². The number of hydrogen-bond acceptors (Lipinski definition) is 3. The van der Waals surface area contributed by atoms with Crippen molar-refractivity contribution in [1.82, 2.24) is 0 Å². The Morgan fingerprint density at radius 2 is 1.50 bits per heavy atom. The van der Waals surface area contributed by atoms with Gasteiger partial charge in [-0.05, 0) is 73.9 Å². The van der Waals surface area contributed by atoms with Gasteiger partial charge in [0.1, 0.15) is 0 Å². The topological polar surface area (TPSA) is 66.5 Å². The first kappa shape index (κ1) is 21.6. The first-order valence-corrected chi connectivity index (χ1v) is 11.1. The van der Waals surface area contributed by atoms with Crippen molar-refractivity contribution in [3.63, 3.8) is 0 Å². The first-order chi connectivity index (χ1) is 14.2. The lowest BCUT2D eigenvalue weighted by molar-refractivity contribution is -0.115. The number of nitrogens with one attached hydrogen (secondary N) is 1. The van der Waals surface area contributed by atoms with Gasteiger partial charge >= 0.3 is 0 Å². The largest absolute Gasteiger partial charge is 0.326 e. The molecule has 3 aromatic rings. The average Bonchev–Trinajstić information content (AvgIpc) is 2.71. The van der Waals surface area contributed by atoms with Crippen LogP contribution in [0.5, 0.6) is 0 Å². The number of benzene rings is 3. The van der Waals surface area contributed by atoms with E-state index in [-0.39, 0.29) is 17.2 Å². The molecule has 0 aromatic heterocycles. The number of sulfonamides is 1. The molecule has 0 saturated heterocycles. The van der Waals surface area contributed by atoms with E-state index in [2.05, 4.69) is 5.32 Å². The quantitative estimate of drug-likeness (QED) is 0.630. The van der Waals surface area contributed by atoms with Gasteiger partial charge in [0, 0.05) is 12.7 Å². The lowest BCUT2D eigenvalue weighted by Gasteiger charge is -2.20. The summed E-state index contributed by atoms with van der Waals surface area (Å²) in [5, 5.41) is 2.90. The van der Waals surface area contributed by atoms with Crippen molar-refractivity contribution in [1.29, 1.82) is 0 Å². The van der Waals surface area contributed by atoms with E-state index in [1.54, 1.807) is 48.5 Å². The van der Waals surface area contributed by atoms with Gasteiger partial charge in [-0.3, -0.25) is 9.10 Å². The fourth-order valence-corrected chi connectivity index (χ4v) is 4.24. The fraction of sp³-hybridized carbons (Fsp3) is 0.208. The average molecular weight is 423 g/mol. The second-order valence-corrected chi connectivity index (χ2v) is 9.45. The van der Waals surface area contributed by atoms with E-state index in [0.717, 1.165) is 22.4 Å². The maximum absolute atomic E-state index is 12.8. The Hall–Kier alpha value is -3.12. The molecule has 0 spiro atoms. The van der Waals surface area contributed by atoms with Crippen LogP contribution in [0, 0.1) is 20.8 Å². The van der Waals surface area contributed by atoms with Crippen molar-refractivity contribution in [2.24, 2.45) is 0 Å². The predicted octanol–water partition coefficient (Wildman–Crippen LogP) is 4.62. The molecule has 0 radical (unpaired) electrons. The number of rotatable bonds is 6. The molecule has 6 heteroatoms. The van der Waals surface area contributed by atoms with Crippen molar-refractivity contribution in [2.45, 2.75) is 32.1 Å². The molecule has 1 amide bonds. The van der Waals surface area contributed by atoms with E-state index >= 15 is 0 Å². The number of aryl methyl sites for hydroxylation is 3. The standard InChI is InChI=1S/C24H26N2O3S/c1-17-5-13-23(14-6-17)30(28,29)26(4)22-11-8-20(9-12-22)16-24(27)25-21-10-7-18(2)19(3)15-21/h5-15H,16H2,1-4H3,(H,25,27). The number of nitrogens with zero attached hydrogens (tertiary/aromatic N) is 1. The molecule has 0 aliphatic heterocycles. The maximum Gasteiger partial charge on any atom is 0.264 e. The number of carbonyl (C=O) groups is 1. The van der Waals surface area contributed by atoms with E-state index in [0.29, 0.717) is 5.69 Å². The Kier molecular flexibility index (Phi) is 6.27. The van der Waals surface area contributed by atoms with Gasteiger partial charge in [0.25, 0.3) is 10.0 Å². The summed E-state index contributed by atoms with van der Waals surface area (Å²) in [6, 6.07) is 19.5. The lowest BCUT2D eigenvalue weighted by atomic mass is 10.1. The van der Waals surface area contributed by atoms with E-state index in [1.807, 2.05) is 39.0 Å². The van der Waals surface area contributed by atoms with Crippen LogP contribution in [-0.2, 0) is 21.2 Å². The monoisotopic (exact) mass is 422 g/mol. The lowest BCUT2D eigenvalue weighted by Crippen LogP contribution is -2.26. The highest BCUT2D eigenvalue weighted by atomic mass is 32.2. The van der Waals surface area contributed by atoms with E-state index < -0.39 is 10.0 Å². The number of carbonyl (C=O) groups excluding carboxylic acids is 1. The Morgan fingerprint density at radius 3 is 2.10 bits per heavy atom. The zero-order valence-electron chi connectivity index (χ0n) is 17.6. The number of amides is 1. The maximum atomic E-state index is 12.8. The molecule has 0 aliphatic rings. The van der Waals surface area contributed by atoms with Crippen LogP contribution < -0.4 is 9.62 Å². The minimum atomic E-state index is -3.64. The minimum Gasteiger partial charge on any atom is -0.326 e. The summed E-state index contributed by atoms with van der Waals surface area (Å²) in [5.74, 6) is -0.119. The molecule has 1 N–H and O–H groups in total. The highest BCUT2D eigenvalue weighted by Gasteiger charge is 2.21. The number of anilines is 2. The summed E-state index contributed by atoms with van der Waals surface area (Å²) in [5.41, 5.74) is 5.40. The van der Waals surface area contributed by atoms with E-state index in [9.17, 15) is 13.2 Å². The number of hydrogen-bond donors (Lipinski definition) is 1. The van der Waals surface area contributed by atoms with Crippen LogP contribution in [0.4, 0.5) is 11.4 Å². The zero-order valence-corrected chi connectivity index (χ0v) is 18.5. The van der Waals surface area contributed by atoms with Gasteiger partial charge in [0.2, 0.25) is 5.91 Å².